The van der Waals surface area contributed by atoms with Gasteiger partial charge in [0.15, 0.2) is 0 Å². The molecule has 0 N–H and O–H groups in total. The number of amidine groups is 2. The maximum Gasteiger partial charge on any atom is 2.00 e. The molecule has 0 heterocycles. The van der Waals surface area contributed by atoms with E-state index in [2.05, 4.69) is 39.5 Å². The first-order valence-corrected chi connectivity index (χ1v) is 10.9. The van der Waals surface area contributed by atoms with Gasteiger partial charge in [0.25, 0.3) is 0 Å². The van der Waals surface area contributed by atoms with Gasteiger partial charge in [0.1, 0.15) is 5.71 Å². The first-order chi connectivity index (χ1) is 13.9. The Morgan fingerprint density at radius 2 is 1.17 bits per heavy atom. The molecule has 1 aromatic carbocycles. The fourth-order valence-corrected chi connectivity index (χ4v) is 3.21. The maximum atomic E-state index is 5.40. The van der Waals surface area contributed by atoms with E-state index in [1.807, 2.05) is 56.6 Å². The van der Waals surface area contributed by atoms with Gasteiger partial charge in [-0.15, -0.1) is 5.10 Å². The number of hydrogen-bond acceptors (Lipinski definition) is 6. The summed E-state index contributed by atoms with van der Waals surface area (Å²) in [6.07, 6.45) is 0.976. The third-order valence-electron chi connectivity index (χ3n) is 4.57. The summed E-state index contributed by atoms with van der Waals surface area (Å²) >= 11 is 10.8. The Bertz CT molecular complexity index is 751. The molecule has 0 bridgehead atoms. The smallest absolute Gasteiger partial charge is 0.741 e. The minimum absolute atomic E-state index is 0. The van der Waals surface area contributed by atoms with Crippen molar-refractivity contribution >= 4 is 47.0 Å². The number of benzene rings is 1. The van der Waals surface area contributed by atoms with Crippen molar-refractivity contribution in [3.63, 3.8) is 0 Å². The Morgan fingerprint density at radius 3 is 1.57 bits per heavy atom. The molecule has 0 aliphatic rings. The molecule has 1 aromatic rings. The van der Waals surface area contributed by atoms with Crippen LogP contribution in [0.3, 0.4) is 0 Å². The Labute approximate surface area is 203 Å². The molecule has 6 nitrogen and oxygen atoms in total. The number of nitrogens with zero attached hydrogens (tertiary/aromatic N) is 6. The van der Waals surface area contributed by atoms with Crippen molar-refractivity contribution in [3.8, 4) is 0 Å². The molecule has 0 amide bonds. The summed E-state index contributed by atoms with van der Waals surface area (Å²) in [7, 11) is 0. The van der Waals surface area contributed by atoms with E-state index < -0.39 is 0 Å². The summed E-state index contributed by atoms with van der Waals surface area (Å²) in [6.45, 7) is 15.3. The van der Waals surface area contributed by atoms with Crippen LogP contribution in [0.1, 0.15) is 52.7 Å². The van der Waals surface area contributed by atoms with Gasteiger partial charge in [-0.3, -0.25) is 0 Å². The largest absolute Gasteiger partial charge is 2.00 e. The van der Waals surface area contributed by atoms with Crippen molar-refractivity contribution in [2.24, 2.45) is 20.4 Å². The Morgan fingerprint density at radius 1 is 0.733 bits per heavy atom. The molecule has 0 unspecified atom stereocenters. The molecule has 1 radical (unpaired) electrons. The second-order valence-corrected chi connectivity index (χ2v) is 7.02. The van der Waals surface area contributed by atoms with Gasteiger partial charge >= 0.3 is 17.1 Å². The monoisotopic (exact) mass is 495 g/mol. The van der Waals surface area contributed by atoms with E-state index in [1.165, 1.54) is 5.56 Å². The zero-order valence-electron chi connectivity index (χ0n) is 18.6. The molecule has 0 aliphatic heterocycles. The van der Waals surface area contributed by atoms with Crippen LogP contribution >= 0.6 is 0 Å². The molecular weight excluding hydrogens is 464 g/mol. The standard InChI is InChI=1S/C21H34N6S2.Cu/c1-7-17-12-14-18(15-13-17)19(23-25-21(29)27(10-4)11-5)16(6)22-24-20(28)26(8-2)9-3;/h12-15H,7-11H2,1-6H3,(H,24,28)(H,25,29);/q;+2/p-2. The second kappa shape index (κ2) is 15.3. The molecule has 0 aliphatic carbocycles. The fraction of sp³-hybridized carbons (Fsp3) is 0.524. The van der Waals surface area contributed by atoms with E-state index in [1.54, 1.807) is 0 Å². The van der Waals surface area contributed by atoms with Gasteiger partial charge in [-0.25, -0.2) is 0 Å². The van der Waals surface area contributed by atoms with Crippen molar-refractivity contribution in [2.45, 2.75) is 48.0 Å². The van der Waals surface area contributed by atoms with Crippen molar-refractivity contribution in [2.75, 3.05) is 26.2 Å². The van der Waals surface area contributed by atoms with Crippen molar-refractivity contribution < 1.29 is 17.1 Å². The molecule has 0 saturated heterocycles. The van der Waals surface area contributed by atoms with E-state index in [4.69, 9.17) is 25.3 Å². The molecule has 0 spiro atoms. The minimum Gasteiger partial charge on any atom is -0.741 e. The van der Waals surface area contributed by atoms with Crippen LogP contribution in [0.2, 0.25) is 0 Å². The van der Waals surface area contributed by atoms with Gasteiger partial charge in [0.05, 0.1) is 5.71 Å². The Balaban J connectivity index is 0.00000841. The third-order valence-corrected chi connectivity index (χ3v) is 5.25. The molecule has 0 atom stereocenters. The SMILES string of the molecule is CCc1ccc(C(=NN=C([S-])N(CC)CC)C(C)=NN=C([S-])N(CC)CC)cc1.[Cu+2]. The molecule has 0 fully saturated rings. The van der Waals surface area contributed by atoms with Crippen LogP contribution in [0.25, 0.3) is 0 Å². The summed E-state index contributed by atoms with van der Waals surface area (Å²) in [5.74, 6) is 0. The fourth-order valence-electron chi connectivity index (χ4n) is 2.61. The summed E-state index contributed by atoms with van der Waals surface area (Å²) in [5.41, 5.74) is 3.44. The van der Waals surface area contributed by atoms with Crippen LogP contribution in [0.4, 0.5) is 0 Å². The van der Waals surface area contributed by atoms with Gasteiger partial charge < -0.3 is 35.1 Å². The van der Waals surface area contributed by atoms with E-state index >= 15 is 0 Å². The van der Waals surface area contributed by atoms with Crippen LogP contribution in [0.15, 0.2) is 44.7 Å². The van der Waals surface area contributed by atoms with Gasteiger partial charge in [-0.2, -0.15) is 15.3 Å². The first-order valence-electron chi connectivity index (χ1n) is 10.1. The summed E-state index contributed by atoms with van der Waals surface area (Å²) < 4.78 is 0. The van der Waals surface area contributed by atoms with Gasteiger partial charge in [-0.05, 0) is 46.6 Å². The summed E-state index contributed by atoms with van der Waals surface area (Å²) in [4.78, 5) is 3.95. The predicted molar refractivity (Wildman–Crippen MR) is 131 cm³/mol. The Hall–Kier alpha value is -1.54. The number of aryl methyl sites for hydroxylation is 1. The molecule has 169 valence electrons. The van der Waals surface area contributed by atoms with Crippen molar-refractivity contribution in [1.82, 2.24) is 9.80 Å². The van der Waals surface area contributed by atoms with Crippen molar-refractivity contribution in [1.29, 1.82) is 0 Å². The van der Waals surface area contributed by atoms with E-state index in [0.717, 1.165) is 38.2 Å². The third kappa shape index (κ3) is 8.68. The molecule has 0 aromatic heterocycles. The van der Waals surface area contributed by atoms with Crippen LogP contribution in [0, 0.1) is 0 Å². The van der Waals surface area contributed by atoms with Gasteiger partial charge in [-0.1, -0.05) is 31.2 Å². The molecule has 1 rings (SSSR count). The topological polar surface area (TPSA) is 55.9 Å². The molecule has 0 saturated carbocycles. The summed E-state index contributed by atoms with van der Waals surface area (Å²) in [5, 5.41) is 18.2. The molecule has 30 heavy (non-hydrogen) atoms. The van der Waals surface area contributed by atoms with Gasteiger partial charge in [0, 0.05) is 42.1 Å². The van der Waals surface area contributed by atoms with E-state index in [-0.39, 0.29) is 17.1 Å². The number of rotatable bonds is 9. The second-order valence-electron chi connectivity index (χ2n) is 6.29. The van der Waals surface area contributed by atoms with Crippen LogP contribution in [-0.2, 0) is 48.7 Å². The van der Waals surface area contributed by atoms with E-state index in [0.29, 0.717) is 21.8 Å². The normalized spacial score (nSPS) is 13.1. The average Bonchev–Trinajstić information content (AvgIpc) is 2.74. The quantitative estimate of drug-likeness (QED) is 0.172. The molecular formula is C21H32CuN6S2. The maximum absolute atomic E-state index is 5.40. The van der Waals surface area contributed by atoms with Crippen LogP contribution in [-0.4, -0.2) is 57.7 Å². The van der Waals surface area contributed by atoms with Gasteiger partial charge in [0.2, 0.25) is 0 Å². The van der Waals surface area contributed by atoms with E-state index in [9.17, 15) is 0 Å². The number of hydrogen-bond donors (Lipinski definition) is 0. The zero-order valence-corrected chi connectivity index (χ0v) is 21.2. The average molecular weight is 496 g/mol. The minimum atomic E-state index is 0. The first kappa shape index (κ1) is 28.5. The van der Waals surface area contributed by atoms with Crippen LogP contribution < -0.4 is 0 Å². The summed E-state index contributed by atoms with van der Waals surface area (Å²) in [6, 6.07) is 8.21. The molecule has 9 heteroatoms. The predicted octanol–water partition coefficient (Wildman–Crippen LogP) is 3.82. The van der Waals surface area contributed by atoms with Crippen molar-refractivity contribution in [3.05, 3.63) is 35.4 Å². The van der Waals surface area contributed by atoms with Crippen LogP contribution in [0.5, 0.6) is 0 Å². The Kier molecular flexibility index (Phi) is 14.5. The zero-order chi connectivity index (χ0) is 21.8.